The molecule has 4 saturated carbocycles. The van der Waals surface area contributed by atoms with E-state index in [2.05, 4.69) is 40.7 Å². The zero-order valence-corrected chi connectivity index (χ0v) is 33.2. The molecule has 2 heterocycles. The molecule has 2 saturated heterocycles. The first-order chi connectivity index (χ1) is 25.6. The van der Waals surface area contributed by atoms with Gasteiger partial charge in [0.1, 0.15) is 36.6 Å². The SMILES string of the molecule is CC1(C)CC[C@]2(C(=O)O[C@@H]3O[C@H](CO)[C@@H](O)[C@H](O)[C@H]3O[C@@H]3OC[C@H](O)[C@H](O)[C@H]3O)CC[C@]3(C)C(=CC[C@@H]4[C@@]5(C)C[C@@H](O)[C@H](O)[C@@](C)(CO)[C@@H]5CC[C@]43C)[C@@H]2C1. The molecule has 0 aromatic heterocycles. The molecule has 0 radical (unpaired) electrons. The number of fused-ring (bicyclic) bond motifs is 7. The first kappa shape index (κ1) is 41.9. The van der Waals surface area contributed by atoms with Gasteiger partial charge in [0.25, 0.3) is 0 Å². The number of rotatable bonds is 6. The fourth-order valence-corrected chi connectivity index (χ4v) is 13.3. The average Bonchev–Trinajstić information content (AvgIpc) is 3.13. The molecule has 0 unspecified atom stereocenters. The number of aliphatic hydroxyl groups is 9. The van der Waals surface area contributed by atoms with Crippen molar-refractivity contribution in [3.63, 3.8) is 0 Å². The predicted molar refractivity (Wildman–Crippen MR) is 194 cm³/mol. The van der Waals surface area contributed by atoms with E-state index in [4.69, 9.17) is 18.9 Å². The lowest BCUT2D eigenvalue weighted by Gasteiger charge is -2.71. The van der Waals surface area contributed by atoms with E-state index in [1.807, 2.05) is 6.92 Å². The minimum Gasteiger partial charge on any atom is -0.432 e. The highest BCUT2D eigenvalue weighted by Crippen LogP contribution is 2.76. The Morgan fingerprint density at radius 3 is 2.16 bits per heavy atom. The summed E-state index contributed by atoms with van der Waals surface area (Å²) < 4.78 is 23.4. The van der Waals surface area contributed by atoms with Gasteiger partial charge in [0.2, 0.25) is 6.29 Å². The van der Waals surface area contributed by atoms with Gasteiger partial charge in [0, 0.05) is 5.41 Å². The second kappa shape index (κ2) is 14.2. The van der Waals surface area contributed by atoms with Crippen molar-refractivity contribution < 1.29 is 69.7 Å². The summed E-state index contributed by atoms with van der Waals surface area (Å²) in [5.41, 5.74) is -1.51. The maximum Gasteiger partial charge on any atom is 0.315 e. The molecule has 19 atom stereocenters. The molecule has 314 valence electrons. The summed E-state index contributed by atoms with van der Waals surface area (Å²) in [5.74, 6) is -0.562. The van der Waals surface area contributed by atoms with Crippen LogP contribution in [-0.2, 0) is 23.7 Å². The Hall–Kier alpha value is -1.27. The fourth-order valence-electron chi connectivity index (χ4n) is 13.3. The van der Waals surface area contributed by atoms with Gasteiger partial charge in [0.05, 0.1) is 37.4 Å². The average molecular weight is 783 g/mol. The van der Waals surface area contributed by atoms with E-state index in [9.17, 15) is 50.8 Å². The van der Waals surface area contributed by atoms with E-state index in [1.54, 1.807) is 0 Å². The maximum atomic E-state index is 14.9. The van der Waals surface area contributed by atoms with Crippen LogP contribution in [0.1, 0.15) is 99.3 Å². The summed E-state index contributed by atoms with van der Waals surface area (Å²) in [4.78, 5) is 14.9. The molecule has 9 N–H and O–H groups in total. The lowest BCUT2D eigenvalue weighted by atomic mass is 9.33. The van der Waals surface area contributed by atoms with Crippen LogP contribution in [0.15, 0.2) is 11.6 Å². The molecule has 0 aromatic carbocycles. The molecular formula is C41H66O14. The van der Waals surface area contributed by atoms with Gasteiger partial charge in [-0.1, -0.05) is 53.2 Å². The zero-order valence-electron chi connectivity index (χ0n) is 33.2. The minimum atomic E-state index is -1.74. The molecule has 0 spiro atoms. The number of carbonyl (C=O) groups is 1. The number of allylic oxidation sites excluding steroid dienone is 2. The third-order valence-corrected chi connectivity index (χ3v) is 16.9. The van der Waals surface area contributed by atoms with Crippen molar-refractivity contribution >= 4 is 5.97 Å². The summed E-state index contributed by atoms with van der Waals surface area (Å²) in [6.45, 7) is 12.0. The van der Waals surface area contributed by atoms with E-state index < -0.39 is 90.9 Å². The van der Waals surface area contributed by atoms with E-state index >= 15 is 0 Å². The van der Waals surface area contributed by atoms with Gasteiger partial charge in [-0.05, 0) is 97.2 Å². The third kappa shape index (κ3) is 6.13. The molecule has 7 rings (SSSR count). The second-order valence-corrected chi connectivity index (χ2v) is 20.2. The summed E-state index contributed by atoms with van der Waals surface area (Å²) in [6, 6.07) is 0. The van der Waals surface area contributed by atoms with Gasteiger partial charge in [0.15, 0.2) is 12.4 Å². The van der Waals surface area contributed by atoms with Crippen LogP contribution in [0.25, 0.3) is 0 Å². The Bertz CT molecular complexity index is 1490. The van der Waals surface area contributed by atoms with E-state index in [1.165, 1.54) is 5.57 Å². The Balaban J connectivity index is 1.21. The highest BCUT2D eigenvalue weighted by Gasteiger charge is 2.71. The first-order valence-electron chi connectivity index (χ1n) is 20.5. The number of aliphatic hydroxyl groups excluding tert-OH is 9. The molecule has 0 aromatic rings. The van der Waals surface area contributed by atoms with Gasteiger partial charge >= 0.3 is 5.97 Å². The topological polar surface area (TPSA) is 236 Å². The molecule has 5 aliphatic carbocycles. The standard InChI is InChI=1S/C41H66O14/c1-36(2)11-13-41(35(51)55-34-31(29(48)28(47)24(17-42)53-34)54-33-30(49)27(46)23(45)18-52-33)14-12-39(5)20(21(41)15-36)7-8-26-37(3)16-22(44)32(50)38(4,19-43)25(37)9-10-40(26,39)6/h7,21-34,42-50H,8-19H2,1-6H3/t21-,22+,23-,24+,25+,26+,27-,28+,29-,30+,31+,32-,33-,34-,37-,38-,39+,40+,41-/m0/s1. The van der Waals surface area contributed by atoms with Crippen LogP contribution in [0.5, 0.6) is 0 Å². The molecule has 55 heavy (non-hydrogen) atoms. The van der Waals surface area contributed by atoms with Crippen molar-refractivity contribution in [1.82, 2.24) is 0 Å². The van der Waals surface area contributed by atoms with Gasteiger partial charge in [-0.25, -0.2) is 0 Å². The molecule has 7 aliphatic rings. The van der Waals surface area contributed by atoms with Crippen LogP contribution >= 0.6 is 0 Å². The van der Waals surface area contributed by atoms with Gasteiger partial charge < -0.3 is 64.9 Å². The zero-order chi connectivity index (χ0) is 40.3. The van der Waals surface area contributed by atoms with Crippen molar-refractivity contribution in [1.29, 1.82) is 0 Å². The van der Waals surface area contributed by atoms with Crippen molar-refractivity contribution in [2.75, 3.05) is 19.8 Å². The second-order valence-electron chi connectivity index (χ2n) is 20.2. The predicted octanol–water partition coefficient (Wildman–Crippen LogP) is 0.899. The monoisotopic (exact) mass is 782 g/mol. The van der Waals surface area contributed by atoms with E-state index in [-0.39, 0.29) is 52.6 Å². The van der Waals surface area contributed by atoms with Crippen LogP contribution < -0.4 is 0 Å². The van der Waals surface area contributed by atoms with Crippen LogP contribution in [0, 0.1) is 50.2 Å². The van der Waals surface area contributed by atoms with Crippen LogP contribution in [0.3, 0.4) is 0 Å². The number of hydrogen-bond acceptors (Lipinski definition) is 14. The lowest BCUT2D eigenvalue weighted by Crippen LogP contribution is -2.68. The normalized spacial score (nSPS) is 54.9. The largest absolute Gasteiger partial charge is 0.432 e. The Morgan fingerprint density at radius 1 is 0.800 bits per heavy atom. The summed E-state index contributed by atoms with van der Waals surface area (Å²) in [5, 5.41) is 95.9. The smallest absolute Gasteiger partial charge is 0.315 e. The Kier molecular flexibility index (Phi) is 10.8. The molecule has 2 aliphatic heterocycles. The molecule has 0 amide bonds. The highest BCUT2D eigenvalue weighted by molar-refractivity contribution is 5.79. The van der Waals surface area contributed by atoms with Crippen molar-refractivity contribution in [3.8, 4) is 0 Å². The minimum absolute atomic E-state index is 0.0158. The summed E-state index contributed by atoms with van der Waals surface area (Å²) in [6.07, 6.45) is -7.69. The Morgan fingerprint density at radius 2 is 1.49 bits per heavy atom. The van der Waals surface area contributed by atoms with Gasteiger partial charge in [-0.2, -0.15) is 0 Å². The first-order valence-corrected chi connectivity index (χ1v) is 20.5. The third-order valence-electron chi connectivity index (χ3n) is 16.9. The molecule has 0 bridgehead atoms. The molecular weight excluding hydrogens is 716 g/mol. The van der Waals surface area contributed by atoms with Crippen LogP contribution in [0.4, 0.5) is 0 Å². The van der Waals surface area contributed by atoms with E-state index in [0.29, 0.717) is 25.7 Å². The fraction of sp³-hybridized carbons (Fsp3) is 0.927. The van der Waals surface area contributed by atoms with Crippen molar-refractivity contribution in [2.45, 2.75) is 167 Å². The lowest BCUT2D eigenvalue weighted by molar-refractivity contribution is -0.352. The number of carbonyl (C=O) groups excluding carboxylic acids is 1. The van der Waals surface area contributed by atoms with Crippen LogP contribution in [0.2, 0.25) is 0 Å². The highest BCUT2D eigenvalue weighted by atomic mass is 16.8. The molecule has 14 heteroatoms. The number of hydrogen-bond donors (Lipinski definition) is 9. The molecule has 14 nitrogen and oxygen atoms in total. The van der Waals surface area contributed by atoms with Gasteiger partial charge in [-0.3, -0.25) is 4.79 Å². The van der Waals surface area contributed by atoms with Gasteiger partial charge in [-0.15, -0.1) is 0 Å². The number of esters is 1. The van der Waals surface area contributed by atoms with E-state index in [0.717, 1.165) is 32.1 Å². The van der Waals surface area contributed by atoms with Crippen molar-refractivity contribution in [3.05, 3.63) is 11.6 Å². The van der Waals surface area contributed by atoms with Crippen molar-refractivity contribution in [2.24, 2.45) is 50.2 Å². The summed E-state index contributed by atoms with van der Waals surface area (Å²) in [7, 11) is 0. The number of ether oxygens (including phenoxy) is 4. The summed E-state index contributed by atoms with van der Waals surface area (Å²) >= 11 is 0. The van der Waals surface area contributed by atoms with Crippen LogP contribution in [-0.4, -0.2) is 139 Å². The molecule has 6 fully saturated rings. The maximum absolute atomic E-state index is 14.9. The quantitative estimate of drug-likeness (QED) is 0.135. The Labute approximate surface area is 323 Å².